The zero-order chi connectivity index (χ0) is 15.4. The first-order chi connectivity index (χ1) is 10.0. The Hall–Kier alpha value is -0.930. The third kappa shape index (κ3) is 4.52. The van der Waals surface area contributed by atoms with Gasteiger partial charge in [-0.15, -0.1) is 0 Å². The Kier molecular flexibility index (Phi) is 5.77. The molecule has 3 heteroatoms. The molecule has 0 bridgehead atoms. The lowest BCUT2D eigenvalue weighted by Gasteiger charge is -2.36. The Morgan fingerprint density at radius 3 is 2.57 bits per heavy atom. The quantitative estimate of drug-likeness (QED) is 0.781. The summed E-state index contributed by atoms with van der Waals surface area (Å²) in [6.45, 7) is 7.67. The Bertz CT molecular complexity index is 443. The van der Waals surface area contributed by atoms with E-state index in [1.807, 2.05) is 6.07 Å². The van der Waals surface area contributed by atoms with Gasteiger partial charge >= 0.3 is 0 Å². The molecule has 0 aromatic heterocycles. The lowest BCUT2D eigenvalue weighted by atomic mass is 9.95. The minimum absolute atomic E-state index is 0.0552. The first-order valence-corrected chi connectivity index (χ1v) is 8.29. The van der Waals surface area contributed by atoms with Crippen molar-refractivity contribution < 1.29 is 4.39 Å². The molecule has 118 valence electrons. The maximum Gasteiger partial charge on any atom is 0.123 e. The van der Waals surface area contributed by atoms with Gasteiger partial charge in [-0.25, -0.2) is 4.39 Å². The molecule has 1 aromatic carbocycles. The second-order valence-corrected chi connectivity index (χ2v) is 6.72. The van der Waals surface area contributed by atoms with Gasteiger partial charge < -0.3 is 5.73 Å². The number of halogens is 1. The Labute approximate surface area is 128 Å². The standard InChI is InChI=1S/C18H29FN2/c1-4-17(20)18(14-6-5-7-15(19)12-14)21(16-8-9-16)11-10-13(2)3/h5-7,12-13,16-18H,4,8-11,20H2,1-3H3. The van der Waals surface area contributed by atoms with Crippen LogP contribution >= 0.6 is 0 Å². The smallest absolute Gasteiger partial charge is 0.123 e. The van der Waals surface area contributed by atoms with Crippen molar-refractivity contribution >= 4 is 0 Å². The van der Waals surface area contributed by atoms with Gasteiger partial charge in [-0.2, -0.15) is 0 Å². The third-order valence-electron chi connectivity index (χ3n) is 4.40. The molecule has 1 fully saturated rings. The number of nitrogens with zero attached hydrogens (tertiary/aromatic N) is 1. The molecule has 2 nitrogen and oxygen atoms in total. The highest BCUT2D eigenvalue weighted by Crippen LogP contribution is 2.37. The molecular formula is C18H29FN2. The van der Waals surface area contributed by atoms with Crippen LogP contribution in [0.5, 0.6) is 0 Å². The second kappa shape index (κ2) is 7.37. The molecule has 1 aliphatic carbocycles. The van der Waals surface area contributed by atoms with E-state index in [1.165, 1.54) is 25.3 Å². The highest BCUT2D eigenvalue weighted by atomic mass is 19.1. The number of hydrogen-bond donors (Lipinski definition) is 1. The van der Waals surface area contributed by atoms with Crippen molar-refractivity contribution in [2.75, 3.05) is 6.54 Å². The first kappa shape index (κ1) is 16.4. The molecule has 0 spiro atoms. The average Bonchev–Trinajstić information content (AvgIpc) is 3.26. The molecular weight excluding hydrogens is 263 g/mol. The zero-order valence-electron chi connectivity index (χ0n) is 13.6. The summed E-state index contributed by atoms with van der Waals surface area (Å²) in [6.07, 6.45) is 4.57. The molecule has 0 saturated heterocycles. The fraction of sp³-hybridized carbons (Fsp3) is 0.667. The third-order valence-corrected chi connectivity index (χ3v) is 4.40. The molecule has 1 aliphatic rings. The predicted octanol–water partition coefficient (Wildman–Crippen LogP) is 4.11. The van der Waals surface area contributed by atoms with Gasteiger partial charge in [-0.3, -0.25) is 4.90 Å². The van der Waals surface area contributed by atoms with Crippen LogP contribution in [0, 0.1) is 11.7 Å². The van der Waals surface area contributed by atoms with Crippen LogP contribution in [-0.2, 0) is 0 Å². The van der Waals surface area contributed by atoms with Crippen molar-refractivity contribution in [1.29, 1.82) is 0 Å². The summed E-state index contributed by atoms with van der Waals surface area (Å²) in [4.78, 5) is 2.53. The summed E-state index contributed by atoms with van der Waals surface area (Å²) in [5.74, 6) is 0.512. The van der Waals surface area contributed by atoms with E-state index in [0.29, 0.717) is 12.0 Å². The highest BCUT2D eigenvalue weighted by molar-refractivity contribution is 5.22. The minimum Gasteiger partial charge on any atom is -0.326 e. The molecule has 0 amide bonds. The van der Waals surface area contributed by atoms with E-state index in [0.717, 1.165) is 18.5 Å². The van der Waals surface area contributed by atoms with E-state index in [2.05, 4.69) is 25.7 Å². The lowest BCUT2D eigenvalue weighted by Crippen LogP contribution is -2.42. The van der Waals surface area contributed by atoms with Crippen LogP contribution < -0.4 is 5.73 Å². The van der Waals surface area contributed by atoms with Crippen molar-refractivity contribution in [3.63, 3.8) is 0 Å². The number of nitrogens with two attached hydrogens (primary N) is 1. The minimum atomic E-state index is -0.166. The summed E-state index contributed by atoms with van der Waals surface area (Å²) in [5.41, 5.74) is 7.44. The SMILES string of the molecule is CCC(N)C(c1cccc(F)c1)N(CCC(C)C)C1CC1. The fourth-order valence-electron chi connectivity index (χ4n) is 2.96. The highest BCUT2D eigenvalue weighted by Gasteiger charge is 2.36. The molecule has 2 unspecified atom stereocenters. The van der Waals surface area contributed by atoms with Crippen LogP contribution in [0.4, 0.5) is 4.39 Å². The van der Waals surface area contributed by atoms with Crippen LogP contribution in [0.15, 0.2) is 24.3 Å². The molecule has 2 N–H and O–H groups in total. The fourth-order valence-corrected chi connectivity index (χ4v) is 2.96. The van der Waals surface area contributed by atoms with Crippen molar-refractivity contribution in [2.45, 2.75) is 64.6 Å². The van der Waals surface area contributed by atoms with Gasteiger partial charge in [0, 0.05) is 12.1 Å². The van der Waals surface area contributed by atoms with Gasteiger partial charge in [0.15, 0.2) is 0 Å². The van der Waals surface area contributed by atoms with Gasteiger partial charge in [0.05, 0.1) is 6.04 Å². The van der Waals surface area contributed by atoms with E-state index < -0.39 is 0 Å². The van der Waals surface area contributed by atoms with Gasteiger partial charge in [-0.1, -0.05) is 32.9 Å². The van der Waals surface area contributed by atoms with Gasteiger partial charge in [0.25, 0.3) is 0 Å². The molecule has 21 heavy (non-hydrogen) atoms. The first-order valence-electron chi connectivity index (χ1n) is 8.29. The van der Waals surface area contributed by atoms with Gasteiger partial charge in [0.1, 0.15) is 5.82 Å². The zero-order valence-corrected chi connectivity index (χ0v) is 13.6. The summed E-state index contributed by atoms with van der Waals surface area (Å²) in [7, 11) is 0. The number of benzene rings is 1. The largest absolute Gasteiger partial charge is 0.326 e. The molecule has 0 radical (unpaired) electrons. The molecule has 2 rings (SSSR count). The van der Waals surface area contributed by atoms with Crippen LogP contribution in [0.25, 0.3) is 0 Å². The van der Waals surface area contributed by atoms with Crippen molar-refractivity contribution in [3.8, 4) is 0 Å². The van der Waals surface area contributed by atoms with Crippen molar-refractivity contribution in [1.82, 2.24) is 4.90 Å². The van der Waals surface area contributed by atoms with Crippen molar-refractivity contribution in [3.05, 3.63) is 35.6 Å². The molecule has 0 aliphatic heterocycles. The number of hydrogen-bond acceptors (Lipinski definition) is 2. The van der Waals surface area contributed by atoms with E-state index in [-0.39, 0.29) is 17.9 Å². The molecule has 2 atom stereocenters. The van der Waals surface area contributed by atoms with Crippen LogP contribution in [0.1, 0.15) is 58.1 Å². The van der Waals surface area contributed by atoms with Crippen LogP contribution in [0.3, 0.4) is 0 Å². The van der Waals surface area contributed by atoms with Crippen LogP contribution in [0.2, 0.25) is 0 Å². The molecule has 0 heterocycles. The van der Waals surface area contributed by atoms with E-state index in [9.17, 15) is 4.39 Å². The van der Waals surface area contributed by atoms with E-state index in [1.54, 1.807) is 12.1 Å². The summed E-state index contributed by atoms with van der Waals surface area (Å²) < 4.78 is 13.6. The maximum atomic E-state index is 13.6. The monoisotopic (exact) mass is 292 g/mol. The average molecular weight is 292 g/mol. The van der Waals surface area contributed by atoms with Gasteiger partial charge in [0.2, 0.25) is 0 Å². The summed E-state index contributed by atoms with van der Waals surface area (Å²) in [6, 6.07) is 7.81. The molecule has 1 saturated carbocycles. The summed E-state index contributed by atoms with van der Waals surface area (Å²) >= 11 is 0. The normalized spacial score (nSPS) is 18.2. The summed E-state index contributed by atoms with van der Waals surface area (Å²) in [5, 5.41) is 0. The Balaban J connectivity index is 2.24. The van der Waals surface area contributed by atoms with Crippen LogP contribution in [-0.4, -0.2) is 23.5 Å². The van der Waals surface area contributed by atoms with Crippen molar-refractivity contribution in [2.24, 2.45) is 11.7 Å². The van der Waals surface area contributed by atoms with E-state index in [4.69, 9.17) is 5.73 Å². The second-order valence-electron chi connectivity index (χ2n) is 6.72. The van der Waals surface area contributed by atoms with E-state index >= 15 is 0 Å². The maximum absolute atomic E-state index is 13.6. The predicted molar refractivity (Wildman–Crippen MR) is 86.6 cm³/mol. The Morgan fingerprint density at radius 1 is 1.33 bits per heavy atom. The molecule has 1 aromatic rings. The Morgan fingerprint density at radius 2 is 2.05 bits per heavy atom. The topological polar surface area (TPSA) is 29.3 Å². The lowest BCUT2D eigenvalue weighted by molar-refractivity contribution is 0.151. The number of rotatable bonds is 8. The van der Waals surface area contributed by atoms with Gasteiger partial charge in [-0.05, 0) is 55.8 Å².